The van der Waals surface area contributed by atoms with Crippen molar-refractivity contribution in [2.45, 2.75) is 64.3 Å². The first-order chi connectivity index (χ1) is 7.72. The van der Waals surface area contributed by atoms with E-state index in [0.717, 1.165) is 5.82 Å². The standard InChI is InChI=1S/C13H23N3/c1-9(2)12-13(16-11(8-14)15-12)10-6-4-3-5-7-10/h9-10H,3-8,14H2,1-2H3,(H,15,16). The van der Waals surface area contributed by atoms with Crippen LogP contribution in [0.3, 0.4) is 0 Å². The van der Waals surface area contributed by atoms with E-state index in [1.54, 1.807) is 0 Å². The Hall–Kier alpha value is -0.830. The van der Waals surface area contributed by atoms with Gasteiger partial charge in [0.1, 0.15) is 5.82 Å². The SMILES string of the molecule is CC(C)c1nc(CN)[nH]c1C1CCCCC1. The summed E-state index contributed by atoms with van der Waals surface area (Å²) in [5, 5.41) is 0. The fourth-order valence-electron chi connectivity index (χ4n) is 2.69. The van der Waals surface area contributed by atoms with Gasteiger partial charge in [-0.25, -0.2) is 4.98 Å². The van der Waals surface area contributed by atoms with E-state index in [2.05, 4.69) is 23.8 Å². The Morgan fingerprint density at radius 2 is 2.00 bits per heavy atom. The molecule has 90 valence electrons. The Morgan fingerprint density at radius 3 is 2.56 bits per heavy atom. The van der Waals surface area contributed by atoms with Gasteiger partial charge in [-0.2, -0.15) is 0 Å². The van der Waals surface area contributed by atoms with Crippen LogP contribution in [0.15, 0.2) is 0 Å². The lowest BCUT2D eigenvalue weighted by molar-refractivity contribution is 0.434. The third-order valence-corrected chi connectivity index (χ3v) is 3.56. The van der Waals surface area contributed by atoms with Crippen molar-refractivity contribution >= 4 is 0 Å². The van der Waals surface area contributed by atoms with Crippen molar-refractivity contribution in [2.24, 2.45) is 5.73 Å². The summed E-state index contributed by atoms with van der Waals surface area (Å²) in [7, 11) is 0. The van der Waals surface area contributed by atoms with Crippen LogP contribution >= 0.6 is 0 Å². The second-order valence-corrected chi connectivity index (χ2v) is 5.18. The first-order valence-electron chi connectivity index (χ1n) is 6.51. The van der Waals surface area contributed by atoms with Crippen LogP contribution in [0.4, 0.5) is 0 Å². The maximum Gasteiger partial charge on any atom is 0.120 e. The second-order valence-electron chi connectivity index (χ2n) is 5.18. The summed E-state index contributed by atoms with van der Waals surface area (Å²) in [5.74, 6) is 2.14. The maximum absolute atomic E-state index is 5.67. The predicted octanol–water partition coefficient (Wildman–Crippen LogP) is 3.04. The number of hydrogen-bond acceptors (Lipinski definition) is 2. The maximum atomic E-state index is 5.67. The van der Waals surface area contributed by atoms with Crippen LogP contribution in [0.2, 0.25) is 0 Å². The van der Waals surface area contributed by atoms with Crippen LogP contribution in [0.25, 0.3) is 0 Å². The van der Waals surface area contributed by atoms with Crippen LogP contribution in [-0.2, 0) is 6.54 Å². The van der Waals surface area contributed by atoms with Crippen molar-refractivity contribution in [3.8, 4) is 0 Å². The summed E-state index contributed by atoms with van der Waals surface area (Å²) < 4.78 is 0. The molecule has 0 atom stereocenters. The van der Waals surface area contributed by atoms with Crippen molar-refractivity contribution in [3.63, 3.8) is 0 Å². The van der Waals surface area contributed by atoms with Crippen LogP contribution in [0, 0.1) is 0 Å². The first-order valence-corrected chi connectivity index (χ1v) is 6.51. The molecule has 1 aliphatic rings. The number of nitrogens with one attached hydrogen (secondary N) is 1. The number of rotatable bonds is 3. The molecule has 1 aromatic heterocycles. The lowest BCUT2D eigenvalue weighted by atomic mass is 9.85. The van der Waals surface area contributed by atoms with Gasteiger partial charge in [0.2, 0.25) is 0 Å². The Labute approximate surface area is 97.8 Å². The highest BCUT2D eigenvalue weighted by Crippen LogP contribution is 2.35. The van der Waals surface area contributed by atoms with E-state index in [0.29, 0.717) is 18.4 Å². The van der Waals surface area contributed by atoms with E-state index in [1.807, 2.05) is 0 Å². The Kier molecular flexibility index (Phi) is 3.64. The number of nitrogens with zero attached hydrogens (tertiary/aromatic N) is 1. The molecule has 0 spiro atoms. The van der Waals surface area contributed by atoms with Gasteiger partial charge in [0.25, 0.3) is 0 Å². The first kappa shape index (κ1) is 11.6. The van der Waals surface area contributed by atoms with Gasteiger partial charge < -0.3 is 10.7 Å². The smallest absolute Gasteiger partial charge is 0.120 e. The number of H-pyrrole nitrogens is 1. The van der Waals surface area contributed by atoms with Gasteiger partial charge in [-0.1, -0.05) is 33.1 Å². The molecule has 1 saturated carbocycles. The topological polar surface area (TPSA) is 54.7 Å². The zero-order valence-corrected chi connectivity index (χ0v) is 10.4. The molecule has 1 fully saturated rings. The minimum Gasteiger partial charge on any atom is -0.344 e. The summed E-state index contributed by atoms with van der Waals surface area (Å²) in [6, 6.07) is 0. The molecule has 0 saturated heterocycles. The predicted molar refractivity (Wildman–Crippen MR) is 66.4 cm³/mol. The van der Waals surface area contributed by atoms with Gasteiger partial charge in [0.05, 0.1) is 12.2 Å². The molecule has 1 aliphatic carbocycles. The monoisotopic (exact) mass is 221 g/mol. The molecule has 3 heteroatoms. The normalized spacial score (nSPS) is 18.2. The van der Waals surface area contributed by atoms with E-state index in [1.165, 1.54) is 43.5 Å². The molecular weight excluding hydrogens is 198 g/mol. The molecule has 0 amide bonds. The molecule has 16 heavy (non-hydrogen) atoms. The van der Waals surface area contributed by atoms with Crippen molar-refractivity contribution in [3.05, 3.63) is 17.2 Å². The molecule has 1 heterocycles. The summed E-state index contributed by atoms with van der Waals surface area (Å²) >= 11 is 0. The number of nitrogens with two attached hydrogens (primary N) is 1. The second kappa shape index (κ2) is 5.00. The highest BCUT2D eigenvalue weighted by molar-refractivity contribution is 5.22. The fraction of sp³-hybridized carbons (Fsp3) is 0.769. The zero-order valence-electron chi connectivity index (χ0n) is 10.4. The minimum atomic E-state index is 0.494. The van der Waals surface area contributed by atoms with E-state index in [4.69, 9.17) is 5.73 Å². The molecule has 3 N–H and O–H groups in total. The van der Waals surface area contributed by atoms with E-state index < -0.39 is 0 Å². The lowest BCUT2D eigenvalue weighted by Crippen LogP contribution is -2.08. The van der Waals surface area contributed by atoms with Gasteiger partial charge in [-0.15, -0.1) is 0 Å². The molecule has 0 aromatic carbocycles. The van der Waals surface area contributed by atoms with Gasteiger partial charge >= 0.3 is 0 Å². The number of hydrogen-bond donors (Lipinski definition) is 2. The summed E-state index contributed by atoms with van der Waals surface area (Å²) in [6.45, 7) is 4.94. The quantitative estimate of drug-likeness (QED) is 0.824. The van der Waals surface area contributed by atoms with Crippen LogP contribution in [0.5, 0.6) is 0 Å². The molecule has 0 aliphatic heterocycles. The molecule has 1 aromatic rings. The molecular formula is C13H23N3. The van der Waals surface area contributed by atoms with Crippen molar-refractivity contribution < 1.29 is 0 Å². The highest BCUT2D eigenvalue weighted by Gasteiger charge is 2.22. The van der Waals surface area contributed by atoms with E-state index >= 15 is 0 Å². The zero-order chi connectivity index (χ0) is 11.5. The van der Waals surface area contributed by atoms with Crippen molar-refractivity contribution in [2.75, 3.05) is 0 Å². The number of aromatic nitrogens is 2. The van der Waals surface area contributed by atoms with Gasteiger partial charge in [-0.05, 0) is 18.8 Å². The molecule has 0 radical (unpaired) electrons. The summed E-state index contributed by atoms with van der Waals surface area (Å²) in [6.07, 6.45) is 6.74. The van der Waals surface area contributed by atoms with E-state index in [9.17, 15) is 0 Å². The minimum absolute atomic E-state index is 0.494. The fourth-order valence-corrected chi connectivity index (χ4v) is 2.69. The molecule has 3 nitrogen and oxygen atoms in total. The van der Waals surface area contributed by atoms with E-state index in [-0.39, 0.29) is 0 Å². The van der Waals surface area contributed by atoms with Gasteiger partial charge in [0, 0.05) is 11.6 Å². The van der Waals surface area contributed by atoms with Crippen LogP contribution in [0.1, 0.15) is 75.0 Å². The molecule has 0 unspecified atom stereocenters. The van der Waals surface area contributed by atoms with Crippen molar-refractivity contribution in [1.29, 1.82) is 0 Å². The van der Waals surface area contributed by atoms with Crippen LogP contribution in [-0.4, -0.2) is 9.97 Å². The highest BCUT2D eigenvalue weighted by atomic mass is 15.0. The Morgan fingerprint density at radius 1 is 1.31 bits per heavy atom. The van der Waals surface area contributed by atoms with Gasteiger partial charge in [-0.3, -0.25) is 0 Å². The largest absolute Gasteiger partial charge is 0.344 e. The van der Waals surface area contributed by atoms with Crippen LogP contribution < -0.4 is 5.73 Å². The molecule has 0 bridgehead atoms. The Bertz CT molecular complexity index is 335. The average Bonchev–Trinajstić information content (AvgIpc) is 2.74. The lowest BCUT2D eigenvalue weighted by Gasteiger charge is -2.22. The average molecular weight is 221 g/mol. The van der Waals surface area contributed by atoms with Gasteiger partial charge in [0.15, 0.2) is 0 Å². The Balaban J connectivity index is 2.26. The third kappa shape index (κ3) is 2.29. The summed E-state index contributed by atoms with van der Waals surface area (Å²) in [5.41, 5.74) is 8.28. The van der Waals surface area contributed by atoms with Crippen molar-refractivity contribution in [1.82, 2.24) is 9.97 Å². The number of imidazole rings is 1. The number of aromatic amines is 1. The molecule has 2 rings (SSSR count). The third-order valence-electron chi connectivity index (χ3n) is 3.56. The summed E-state index contributed by atoms with van der Waals surface area (Å²) in [4.78, 5) is 8.07.